The summed E-state index contributed by atoms with van der Waals surface area (Å²) >= 11 is 0. The second-order valence-corrected chi connectivity index (χ2v) is 8.75. The predicted octanol–water partition coefficient (Wildman–Crippen LogP) is 3.06. The van der Waals surface area contributed by atoms with Gasteiger partial charge in [0.1, 0.15) is 5.75 Å². The highest BCUT2D eigenvalue weighted by molar-refractivity contribution is 5.90. The van der Waals surface area contributed by atoms with Crippen molar-refractivity contribution in [3.63, 3.8) is 0 Å². The normalized spacial score (nSPS) is 21.7. The summed E-state index contributed by atoms with van der Waals surface area (Å²) in [5.41, 5.74) is 2.47. The van der Waals surface area contributed by atoms with Crippen LogP contribution in [0.25, 0.3) is 33.2 Å². The van der Waals surface area contributed by atoms with Crippen LogP contribution in [0.3, 0.4) is 0 Å². The molecule has 0 amide bonds. The zero-order valence-electron chi connectivity index (χ0n) is 18.1. The average Bonchev–Trinajstić information content (AvgIpc) is 3.10. The molecule has 5 rings (SSSR count). The van der Waals surface area contributed by atoms with Gasteiger partial charge in [0, 0.05) is 54.7 Å². The summed E-state index contributed by atoms with van der Waals surface area (Å²) in [6.45, 7) is 6.13. The molecular formula is C23H26N6O2. The highest BCUT2D eigenvalue weighted by Crippen LogP contribution is 2.35. The second-order valence-electron chi connectivity index (χ2n) is 8.75. The van der Waals surface area contributed by atoms with Crippen LogP contribution < -0.4 is 10.9 Å². The Morgan fingerprint density at radius 1 is 1.23 bits per heavy atom. The first-order valence-corrected chi connectivity index (χ1v) is 10.6. The molecule has 0 radical (unpaired) electrons. The maximum Gasteiger partial charge on any atom is 0.261 e. The van der Waals surface area contributed by atoms with Gasteiger partial charge in [-0.05, 0) is 45.7 Å². The molecule has 4 heterocycles. The Labute approximate surface area is 179 Å². The molecule has 31 heavy (non-hydrogen) atoms. The summed E-state index contributed by atoms with van der Waals surface area (Å²) in [5, 5.41) is 20.1. The molecule has 1 aliphatic heterocycles. The fourth-order valence-corrected chi connectivity index (χ4v) is 4.84. The number of hydrogen-bond acceptors (Lipinski definition) is 6. The number of fused-ring (bicyclic) bond motifs is 2. The van der Waals surface area contributed by atoms with Crippen LogP contribution in [0.2, 0.25) is 0 Å². The molecular weight excluding hydrogens is 392 g/mol. The van der Waals surface area contributed by atoms with E-state index in [0.29, 0.717) is 39.9 Å². The quantitative estimate of drug-likeness (QED) is 0.519. The van der Waals surface area contributed by atoms with E-state index >= 15 is 0 Å². The molecule has 0 spiro atoms. The Bertz CT molecular complexity index is 1360. The lowest BCUT2D eigenvalue weighted by atomic mass is 9.95. The molecule has 1 aromatic carbocycles. The van der Waals surface area contributed by atoms with Crippen molar-refractivity contribution in [2.75, 3.05) is 0 Å². The van der Waals surface area contributed by atoms with Gasteiger partial charge < -0.3 is 15.0 Å². The third kappa shape index (κ3) is 3.27. The van der Waals surface area contributed by atoms with Crippen LogP contribution in [0.1, 0.15) is 38.3 Å². The maximum absolute atomic E-state index is 13.2. The first-order valence-electron chi connectivity index (χ1n) is 10.6. The van der Waals surface area contributed by atoms with Gasteiger partial charge in [-0.25, -0.2) is 9.97 Å². The van der Waals surface area contributed by atoms with Crippen molar-refractivity contribution >= 4 is 21.8 Å². The van der Waals surface area contributed by atoms with Crippen molar-refractivity contribution in [1.29, 1.82) is 0 Å². The fraction of sp³-hybridized carbons (Fsp3) is 0.391. The Hall–Kier alpha value is -3.26. The number of aryl methyl sites for hydroxylation is 2. The van der Waals surface area contributed by atoms with Crippen LogP contribution in [0.4, 0.5) is 0 Å². The summed E-state index contributed by atoms with van der Waals surface area (Å²) in [6, 6.07) is 4.59. The number of pyridine rings is 1. The number of nitrogens with zero attached hydrogens (tertiary/aromatic N) is 5. The molecule has 160 valence electrons. The number of hydrogen-bond donors (Lipinski definition) is 2. The van der Waals surface area contributed by atoms with Gasteiger partial charge in [0.05, 0.1) is 22.0 Å². The third-order valence-corrected chi connectivity index (χ3v) is 6.25. The van der Waals surface area contributed by atoms with Gasteiger partial charge in [-0.15, -0.1) is 0 Å². The third-order valence-electron chi connectivity index (χ3n) is 6.25. The number of piperidine rings is 1. The van der Waals surface area contributed by atoms with Gasteiger partial charge in [0.2, 0.25) is 0 Å². The summed E-state index contributed by atoms with van der Waals surface area (Å²) in [7, 11) is 1.84. The Morgan fingerprint density at radius 3 is 2.71 bits per heavy atom. The summed E-state index contributed by atoms with van der Waals surface area (Å²) in [5.74, 6) is 0.497. The standard InChI is InChI=1S/C23H26N6O2/c1-12-7-16(8-13(2)25-12)29-6-5-19-18(23(29)31)10-24-22(26-19)17-9-15-11-28(4)27-20(15)14(3)21(17)30/h5-6,9-13,16,25,30H,7-8H2,1-4H3/t12-,13+,16?. The van der Waals surface area contributed by atoms with Gasteiger partial charge in [-0.3, -0.25) is 9.48 Å². The minimum atomic E-state index is -0.0709. The molecule has 1 saturated heterocycles. The molecule has 0 saturated carbocycles. The Morgan fingerprint density at radius 2 is 1.97 bits per heavy atom. The zero-order chi connectivity index (χ0) is 21.9. The lowest BCUT2D eigenvalue weighted by Crippen LogP contribution is -2.44. The van der Waals surface area contributed by atoms with E-state index in [2.05, 4.69) is 34.2 Å². The van der Waals surface area contributed by atoms with Crippen molar-refractivity contribution in [2.24, 2.45) is 7.05 Å². The number of aromatic nitrogens is 5. The van der Waals surface area contributed by atoms with E-state index in [1.54, 1.807) is 10.9 Å². The van der Waals surface area contributed by atoms with E-state index in [9.17, 15) is 9.90 Å². The van der Waals surface area contributed by atoms with Crippen LogP contribution in [0.15, 0.2) is 35.5 Å². The molecule has 3 aromatic heterocycles. The van der Waals surface area contributed by atoms with Crippen LogP contribution in [0, 0.1) is 6.92 Å². The number of phenolic OH excluding ortho intramolecular Hbond substituents is 1. The van der Waals surface area contributed by atoms with Crippen molar-refractivity contribution in [2.45, 2.75) is 51.7 Å². The van der Waals surface area contributed by atoms with Gasteiger partial charge in [0.15, 0.2) is 5.82 Å². The largest absolute Gasteiger partial charge is 0.507 e. The van der Waals surface area contributed by atoms with Crippen molar-refractivity contribution in [3.8, 4) is 17.1 Å². The van der Waals surface area contributed by atoms with Gasteiger partial charge in [-0.1, -0.05) is 0 Å². The number of benzene rings is 1. The van der Waals surface area contributed by atoms with Gasteiger partial charge in [0.25, 0.3) is 5.56 Å². The molecule has 4 aromatic rings. The number of nitrogens with one attached hydrogen (secondary N) is 1. The molecule has 1 fully saturated rings. The fourth-order valence-electron chi connectivity index (χ4n) is 4.84. The van der Waals surface area contributed by atoms with Crippen LogP contribution in [0.5, 0.6) is 5.75 Å². The zero-order valence-corrected chi connectivity index (χ0v) is 18.1. The second kappa shape index (κ2) is 7.16. The SMILES string of the molecule is Cc1c(O)c(-c2ncc3c(=O)n(C4C[C@@H](C)N[C@@H](C)C4)ccc3n2)cc2cn(C)nc12. The molecule has 0 bridgehead atoms. The first-order chi connectivity index (χ1) is 14.8. The van der Waals surface area contributed by atoms with Crippen molar-refractivity contribution in [3.05, 3.63) is 46.6 Å². The summed E-state index contributed by atoms with van der Waals surface area (Å²) < 4.78 is 3.54. The number of phenols is 1. The molecule has 3 atom stereocenters. The molecule has 0 aliphatic carbocycles. The molecule has 2 N–H and O–H groups in total. The average molecular weight is 419 g/mol. The van der Waals surface area contributed by atoms with E-state index in [-0.39, 0.29) is 17.4 Å². The lowest BCUT2D eigenvalue weighted by molar-refractivity contribution is 0.260. The number of aromatic hydroxyl groups is 1. The van der Waals surface area contributed by atoms with Crippen LogP contribution in [-0.4, -0.2) is 41.5 Å². The van der Waals surface area contributed by atoms with Crippen LogP contribution >= 0.6 is 0 Å². The van der Waals surface area contributed by atoms with Crippen LogP contribution in [-0.2, 0) is 7.05 Å². The molecule has 8 nitrogen and oxygen atoms in total. The van der Waals surface area contributed by atoms with E-state index in [4.69, 9.17) is 0 Å². The Balaban J connectivity index is 1.60. The monoisotopic (exact) mass is 418 g/mol. The lowest BCUT2D eigenvalue weighted by Gasteiger charge is -2.34. The van der Waals surface area contributed by atoms with Gasteiger partial charge >= 0.3 is 0 Å². The highest BCUT2D eigenvalue weighted by Gasteiger charge is 2.25. The number of rotatable bonds is 2. The summed E-state index contributed by atoms with van der Waals surface area (Å²) in [4.78, 5) is 22.2. The van der Waals surface area contributed by atoms with E-state index in [1.165, 1.54) is 0 Å². The molecule has 1 aliphatic rings. The first kappa shape index (κ1) is 19.7. The van der Waals surface area contributed by atoms with Crippen molar-refractivity contribution in [1.82, 2.24) is 29.6 Å². The predicted molar refractivity (Wildman–Crippen MR) is 120 cm³/mol. The Kier molecular flexibility index (Phi) is 4.55. The highest BCUT2D eigenvalue weighted by atomic mass is 16.3. The maximum atomic E-state index is 13.2. The van der Waals surface area contributed by atoms with E-state index < -0.39 is 0 Å². The topological polar surface area (TPSA) is 97.9 Å². The van der Waals surface area contributed by atoms with Gasteiger partial charge in [-0.2, -0.15) is 5.10 Å². The minimum Gasteiger partial charge on any atom is -0.507 e. The summed E-state index contributed by atoms with van der Waals surface area (Å²) in [6.07, 6.45) is 7.13. The minimum absolute atomic E-state index is 0.0709. The van der Waals surface area contributed by atoms with E-state index in [0.717, 1.165) is 23.7 Å². The molecule has 8 heteroatoms. The molecule has 1 unspecified atom stereocenters. The van der Waals surface area contributed by atoms with Crippen molar-refractivity contribution < 1.29 is 5.11 Å². The van der Waals surface area contributed by atoms with E-state index in [1.807, 2.05) is 43.1 Å². The smallest absolute Gasteiger partial charge is 0.261 e.